The molecule has 0 bridgehead atoms. The summed E-state index contributed by atoms with van der Waals surface area (Å²) in [7, 11) is 0. The summed E-state index contributed by atoms with van der Waals surface area (Å²) in [6, 6.07) is 3.93. The highest BCUT2D eigenvalue weighted by atomic mass is 19.1. The molecule has 2 N–H and O–H groups in total. The quantitative estimate of drug-likeness (QED) is 0.524. The molecule has 0 aliphatic carbocycles. The van der Waals surface area contributed by atoms with E-state index in [0.717, 1.165) is 34.1 Å². The molecule has 12 heteroatoms. The minimum atomic E-state index is -1.25. The molecule has 2 aromatic carbocycles. The zero-order valence-corrected chi connectivity index (χ0v) is 19.5. The standard InChI is InChI=1S/C24H21F2N5O5/c1-24(2,3)36-23(35)30-15-9-13(26)8-14-17(15)18(28-29-21(14)33)20(31-16(32)10-27-22(31)34)19(30)11-4-6-12(25)7-5-11/h4-9,19-20H,10H2,1-3H3,(H,27,34)(H,29,33). The van der Waals surface area contributed by atoms with Crippen LogP contribution < -0.4 is 15.8 Å². The lowest BCUT2D eigenvalue weighted by Gasteiger charge is -2.43. The molecule has 0 radical (unpaired) electrons. The van der Waals surface area contributed by atoms with Gasteiger partial charge >= 0.3 is 12.1 Å². The van der Waals surface area contributed by atoms with E-state index in [2.05, 4.69) is 15.5 Å². The predicted molar refractivity (Wildman–Crippen MR) is 123 cm³/mol. The van der Waals surface area contributed by atoms with Crippen molar-refractivity contribution in [2.24, 2.45) is 0 Å². The molecule has 0 saturated carbocycles. The lowest BCUT2D eigenvalue weighted by atomic mass is 9.87. The number of aromatic amines is 1. The number of halogens is 2. The molecule has 1 fully saturated rings. The van der Waals surface area contributed by atoms with Crippen LogP contribution in [0.4, 0.5) is 24.1 Å². The lowest BCUT2D eigenvalue weighted by Crippen LogP contribution is -2.50. The van der Waals surface area contributed by atoms with E-state index >= 15 is 0 Å². The van der Waals surface area contributed by atoms with E-state index in [1.54, 1.807) is 20.8 Å². The Morgan fingerprint density at radius 2 is 1.75 bits per heavy atom. The van der Waals surface area contributed by atoms with Gasteiger partial charge in [0.05, 0.1) is 29.4 Å². The third-order valence-corrected chi connectivity index (χ3v) is 5.94. The van der Waals surface area contributed by atoms with Crippen LogP contribution >= 0.6 is 0 Å². The molecule has 36 heavy (non-hydrogen) atoms. The number of ether oxygens (including phenoxy) is 1. The number of H-pyrrole nitrogens is 1. The fourth-order valence-corrected chi connectivity index (χ4v) is 4.61. The SMILES string of the molecule is CC(C)(C)OC(=O)N1c2cc(F)cc3c(=O)[nH]nc(c23)C(N2C(=O)CNC2=O)C1c1ccc(F)cc1. The van der Waals surface area contributed by atoms with Gasteiger partial charge in [0.25, 0.3) is 11.5 Å². The molecule has 2 aliphatic heterocycles. The molecule has 1 aromatic heterocycles. The number of carbonyl (C=O) groups excluding carboxylic acids is 3. The number of nitrogens with zero attached hydrogens (tertiary/aromatic N) is 3. The van der Waals surface area contributed by atoms with Gasteiger partial charge < -0.3 is 10.1 Å². The van der Waals surface area contributed by atoms with Crippen molar-refractivity contribution >= 4 is 34.5 Å². The van der Waals surface area contributed by atoms with Crippen LogP contribution in [0.25, 0.3) is 10.8 Å². The van der Waals surface area contributed by atoms with E-state index in [4.69, 9.17) is 4.74 Å². The number of nitrogens with one attached hydrogen (secondary N) is 2. The van der Waals surface area contributed by atoms with Crippen molar-refractivity contribution in [2.75, 3.05) is 11.4 Å². The van der Waals surface area contributed by atoms with Crippen molar-refractivity contribution in [1.29, 1.82) is 0 Å². The maximum atomic E-state index is 14.8. The van der Waals surface area contributed by atoms with Gasteiger partial charge in [-0.2, -0.15) is 5.10 Å². The molecular weight excluding hydrogens is 476 g/mol. The molecule has 0 spiro atoms. The molecule has 3 aromatic rings. The summed E-state index contributed by atoms with van der Waals surface area (Å²) >= 11 is 0. The van der Waals surface area contributed by atoms with Crippen LogP contribution in [0.15, 0.2) is 41.2 Å². The van der Waals surface area contributed by atoms with Gasteiger partial charge in [-0.1, -0.05) is 12.1 Å². The van der Waals surface area contributed by atoms with Crippen molar-refractivity contribution in [3.05, 3.63) is 69.6 Å². The first-order valence-corrected chi connectivity index (χ1v) is 11.1. The Morgan fingerprint density at radius 1 is 1.06 bits per heavy atom. The van der Waals surface area contributed by atoms with Crippen molar-refractivity contribution in [1.82, 2.24) is 20.4 Å². The molecule has 2 unspecified atom stereocenters. The molecule has 1 saturated heterocycles. The van der Waals surface area contributed by atoms with Gasteiger partial charge in [-0.3, -0.25) is 19.4 Å². The van der Waals surface area contributed by atoms with Crippen molar-refractivity contribution < 1.29 is 27.9 Å². The summed E-state index contributed by atoms with van der Waals surface area (Å²) in [5.74, 6) is -1.96. The second-order valence-electron chi connectivity index (χ2n) is 9.50. The fraction of sp³-hybridized carbons (Fsp3) is 0.292. The van der Waals surface area contributed by atoms with E-state index in [-0.39, 0.29) is 28.7 Å². The Balaban J connectivity index is 1.87. The highest BCUT2D eigenvalue weighted by Crippen LogP contribution is 2.50. The number of aromatic nitrogens is 2. The van der Waals surface area contributed by atoms with Gasteiger partial charge in [-0.05, 0) is 50.6 Å². The third kappa shape index (κ3) is 3.74. The smallest absolute Gasteiger partial charge is 0.415 e. The van der Waals surface area contributed by atoms with E-state index in [9.17, 15) is 28.0 Å². The minimum Gasteiger partial charge on any atom is -0.443 e. The fourth-order valence-electron chi connectivity index (χ4n) is 4.61. The molecular formula is C24H21F2N5O5. The molecule has 5 rings (SSSR count). The number of benzene rings is 2. The van der Waals surface area contributed by atoms with Gasteiger partial charge in [0.15, 0.2) is 0 Å². The second kappa shape index (κ2) is 8.11. The lowest BCUT2D eigenvalue weighted by molar-refractivity contribution is -0.127. The summed E-state index contributed by atoms with van der Waals surface area (Å²) < 4.78 is 34.2. The first kappa shape index (κ1) is 23.4. The van der Waals surface area contributed by atoms with Gasteiger partial charge in [0.2, 0.25) is 0 Å². The molecule has 2 aliphatic rings. The summed E-state index contributed by atoms with van der Waals surface area (Å²) in [4.78, 5) is 53.9. The highest BCUT2D eigenvalue weighted by Gasteiger charge is 2.50. The predicted octanol–water partition coefficient (Wildman–Crippen LogP) is 3.29. The Kier molecular flexibility index (Phi) is 5.27. The van der Waals surface area contributed by atoms with Crippen molar-refractivity contribution in [2.45, 2.75) is 38.5 Å². The number of hydrogen-bond acceptors (Lipinski definition) is 6. The van der Waals surface area contributed by atoms with Crippen LogP contribution in [0.3, 0.4) is 0 Å². The summed E-state index contributed by atoms with van der Waals surface area (Å²) in [6.07, 6.45) is -0.924. The number of rotatable bonds is 2. The zero-order chi connectivity index (χ0) is 25.9. The van der Waals surface area contributed by atoms with Crippen LogP contribution in [-0.2, 0) is 9.53 Å². The van der Waals surface area contributed by atoms with Crippen LogP contribution in [0.1, 0.15) is 44.1 Å². The van der Waals surface area contributed by atoms with Crippen LogP contribution in [-0.4, -0.2) is 45.3 Å². The number of imide groups is 1. The largest absolute Gasteiger partial charge is 0.443 e. The molecule has 4 amide bonds. The number of carbonyl (C=O) groups is 3. The number of urea groups is 1. The number of amides is 4. The number of anilines is 1. The van der Waals surface area contributed by atoms with Crippen LogP contribution in [0, 0.1) is 11.6 Å². The first-order chi connectivity index (χ1) is 17.0. The normalized spacial score (nSPS) is 19.6. The number of hydrogen-bond donors (Lipinski definition) is 2. The molecule has 2 atom stereocenters. The second-order valence-corrected chi connectivity index (χ2v) is 9.50. The third-order valence-electron chi connectivity index (χ3n) is 5.94. The summed E-state index contributed by atoms with van der Waals surface area (Å²) in [6.45, 7) is 4.62. The average molecular weight is 497 g/mol. The Hall–Kier alpha value is -4.35. The minimum absolute atomic E-state index is 0.0366. The first-order valence-electron chi connectivity index (χ1n) is 11.1. The Morgan fingerprint density at radius 3 is 2.36 bits per heavy atom. The molecule has 10 nitrogen and oxygen atoms in total. The van der Waals surface area contributed by atoms with Crippen molar-refractivity contribution in [3.8, 4) is 0 Å². The maximum Gasteiger partial charge on any atom is 0.415 e. The maximum absolute atomic E-state index is 14.8. The van der Waals surface area contributed by atoms with Gasteiger partial charge in [-0.25, -0.2) is 23.5 Å². The Labute approximate surface area is 202 Å². The van der Waals surface area contributed by atoms with E-state index in [1.165, 1.54) is 12.1 Å². The topological polar surface area (TPSA) is 125 Å². The Bertz CT molecular complexity index is 1470. The van der Waals surface area contributed by atoms with E-state index in [0.29, 0.717) is 5.56 Å². The van der Waals surface area contributed by atoms with E-state index < -0.39 is 52.9 Å². The zero-order valence-electron chi connectivity index (χ0n) is 19.5. The van der Waals surface area contributed by atoms with Gasteiger partial charge in [0.1, 0.15) is 23.3 Å². The summed E-state index contributed by atoms with van der Waals surface area (Å²) in [5, 5.41) is 8.83. The van der Waals surface area contributed by atoms with E-state index in [1.807, 2.05) is 0 Å². The van der Waals surface area contributed by atoms with Gasteiger partial charge in [-0.15, -0.1) is 0 Å². The highest BCUT2D eigenvalue weighted by molar-refractivity contribution is 6.07. The molecule has 186 valence electrons. The average Bonchev–Trinajstić information content (AvgIpc) is 3.12. The van der Waals surface area contributed by atoms with Crippen molar-refractivity contribution in [3.63, 3.8) is 0 Å². The van der Waals surface area contributed by atoms with Crippen LogP contribution in [0.5, 0.6) is 0 Å². The monoisotopic (exact) mass is 497 g/mol. The van der Waals surface area contributed by atoms with Crippen LogP contribution in [0.2, 0.25) is 0 Å². The van der Waals surface area contributed by atoms with Gasteiger partial charge in [0, 0.05) is 5.39 Å². The molecule has 3 heterocycles. The summed E-state index contributed by atoms with van der Waals surface area (Å²) in [5.41, 5.74) is -1.35.